The molecule has 172 valence electrons. The van der Waals surface area contributed by atoms with Crippen molar-refractivity contribution in [3.63, 3.8) is 0 Å². The number of aliphatic hydroxyl groups is 1. The van der Waals surface area contributed by atoms with Gasteiger partial charge in [-0.15, -0.1) is 0 Å². The second kappa shape index (κ2) is 12.7. The highest BCUT2D eigenvalue weighted by Crippen LogP contribution is 2.37. The molecule has 0 bridgehead atoms. The Kier molecular flexibility index (Phi) is 10.0. The minimum atomic E-state index is -0.332. The zero-order chi connectivity index (χ0) is 22.1. The summed E-state index contributed by atoms with van der Waals surface area (Å²) >= 11 is 3.48. The predicted molar refractivity (Wildman–Crippen MR) is 126 cm³/mol. The monoisotopic (exact) mass is 493 g/mol. The van der Waals surface area contributed by atoms with Crippen LogP contribution in [0.2, 0.25) is 0 Å². The van der Waals surface area contributed by atoms with Gasteiger partial charge in [-0.05, 0) is 62.9 Å². The largest absolute Gasteiger partial charge is 0.469 e. The van der Waals surface area contributed by atoms with E-state index in [1.54, 1.807) is 0 Å². The zero-order valence-corrected chi connectivity index (χ0v) is 20.1. The number of likely N-dealkylation sites (tertiary alicyclic amines) is 1. The van der Waals surface area contributed by atoms with E-state index in [0.29, 0.717) is 31.8 Å². The maximum Gasteiger partial charge on any atom is 0.305 e. The Balaban J connectivity index is 1.59. The van der Waals surface area contributed by atoms with E-state index in [9.17, 15) is 9.90 Å². The summed E-state index contributed by atoms with van der Waals surface area (Å²) < 4.78 is 12.1. The van der Waals surface area contributed by atoms with Gasteiger partial charge in [0.05, 0.1) is 25.9 Å². The summed E-state index contributed by atoms with van der Waals surface area (Å²) in [5, 5.41) is 10.9. The molecule has 1 aromatic rings. The number of benzene rings is 1. The maximum absolute atomic E-state index is 11.2. The van der Waals surface area contributed by atoms with Gasteiger partial charge < -0.3 is 14.6 Å². The number of rotatable bonds is 10. The Hall–Kier alpha value is -1.21. The van der Waals surface area contributed by atoms with E-state index >= 15 is 0 Å². The molecule has 31 heavy (non-hydrogen) atoms. The van der Waals surface area contributed by atoms with Crippen LogP contribution in [0.4, 0.5) is 0 Å². The molecule has 3 rings (SSSR count). The van der Waals surface area contributed by atoms with E-state index in [4.69, 9.17) is 4.74 Å². The van der Waals surface area contributed by atoms with Gasteiger partial charge in [0.25, 0.3) is 0 Å². The van der Waals surface area contributed by atoms with Crippen LogP contribution in [0.5, 0.6) is 0 Å². The third-order valence-electron chi connectivity index (χ3n) is 6.55. The summed E-state index contributed by atoms with van der Waals surface area (Å²) in [6, 6.07) is 8.41. The SMILES string of the molecule is COC(=O)CCC=CCC[C@@H]1[C@@H](N2CCCCC2)[C@H](O)C[C@@H]1OCc1ccc(Br)cc1. The van der Waals surface area contributed by atoms with Gasteiger partial charge in [-0.1, -0.05) is 46.6 Å². The number of nitrogens with zero attached hydrogens (tertiary/aromatic N) is 1. The molecule has 1 N–H and O–H groups in total. The number of methoxy groups -OCH3 is 1. The second-order valence-electron chi connectivity index (χ2n) is 8.69. The molecule has 4 atom stereocenters. The van der Waals surface area contributed by atoms with Crippen molar-refractivity contribution in [2.45, 2.75) is 76.2 Å². The molecule has 1 aromatic carbocycles. The number of halogens is 1. The van der Waals surface area contributed by atoms with Crippen LogP contribution in [0.1, 0.15) is 56.9 Å². The summed E-state index contributed by atoms with van der Waals surface area (Å²) in [7, 11) is 1.42. The first kappa shape index (κ1) is 24.4. The van der Waals surface area contributed by atoms with Crippen molar-refractivity contribution < 1.29 is 19.4 Å². The van der Waals surface area contributed by atoms with Crippen molar-refractivity contribution >= 4 is 21.9 Å². The summed E-state index contributed by atoms with van der Waals surface area (Å²) in [6.45, 7) is 2.72. The summed E-state index contributed by atoms with van der Waals surface area (Å²) in [5.74, 6) is 0.143. The zero-order valence-electron chi connectivity index (χ0n) is 18.5. The molecule has 0 radical (unpaired) electrons. The maximum atomic E-state index is 11.2. The van der Waals surface area contributed by atoms with Crippen LogP contribution in [-0.4, -0.2) is 54.4 Å². The highest BCUT2D eigenvalue weighted by Gasteiger charge is 2.45. The molecule has 6 heteroatoms. The quantitative estimate of drug-likeness (QED) is 0.372. The lowest BCUT2D eigenvalue weighted by atomic mass is 9.92. The third kappa shape index (κ3) is 7.41. The van der Waals surface area contributed by atoms with Gasteiger partial charge in [0, 0.05) is 29.3 Å². The van der Waals surface area contributed by atoms with Crippen LogP contribution >= 0.6 is 15.9 Å². The summed E-state index contributed by atoms with van der Waals surface area (Å²) in [6.07, 6.45) is 11.4. The molecule has 1 saturated carbocycles. The fourth-order valence-electron chi connectivity index (χ4n) is 4.95. The molecule has 0 spiro atoms. The third-order valence-corrected chi connectivity index (χ3v) is 7.08. The Morgan fingerprint density at radius 1 is 1.16 bits per heavy atom. The van der Waals surface area contributed by atoms with Gasteiger partial charge in [0.15, 0.2) is 0 Å². The highest BCUT2D eigenvalue weighted by atomic mass is 79.9. The smallest absolute Gasteiger partial charge is 0.305 e. The normalized spacial score (nSPS) is 27.1. The lowest BCUT2D eigenvalue weighted by molar-refractivity contribution is -0.140. The molecule has 1 saturated heterocycles. The molecule has 1 aliphatic carbocycles. The summed E-state index contributed by atoms with van der Waals surface area (Å²) in [5.41, 5.74) is 1.15. The number of piperidine rings is 1. The van der Waals surface area contributed by atoms with E-state index in [1.807, 2.05) is 12.1 Å². The van der Waals surface area contributed by atoms with Gasteiger partial charge in [-0.2, -0.15) is 0 Å². The van der Waals surface area contributed by atoms with E-state index in [0.717, 1.165) is 36.0 Å². The lowest BCUT2D eigenvalue weighted by Crippen LogP contribution is -2.47. The molecule has 5 nitrogen and oxygen atoms in total. The number of hydrogen-bond donors (Lipinski definition) is 1. The Labute approximate surface area is 194 Å². The van der Waals surface area contributed by atoms with Crippen LogP contribution in [0, 0.1) is 5.92 Å². The van der Waals surface area contributed by atoms with Gasteiger partial charge in [-0.3, -0.25) is 9.69 Å². The number of carbonyl (C=O) groups excluding carboxylic acids is 1. The molecule has 0 amide bonds. The van der Waals surface area contributed by atoms with Gasteiger partial charge in [-0.25, -0.2) is 0 Å². The highest BCUT2D eigenvalue weighted by molar-refractivity contribution is 9.10. The number of carbonyl (C=O) groups is 1. The van der Waals surface area contributed by atoms with Gasteiger partial charge in [0.1, 0.15) is 0 Å². The van der Waals surface area contributed by atoms with Crippen LogP contribution in [-0.2, 0) is 20.9 Å². The van der Waals surface area contributed by atoms with E-state index in [1.165, 1.54) is 26.4 Å². The van der Waals surface area contributed by atoms with E-state index < -0.39 is 0 Å². The Bertz CT molecular complexity index is 702. The molecule has 0 unspecified atom stereocenters. The van der Waals surface area contributed by atoms with Gasteiger partial charge in [0.2, 0.25) is 0 Å². The number of esters is 1. The fourth-order valence-corrected chi connectivity index (χ4v) is 5.21. The van der Waals surface area contributed by atoms with Crippen molar-refractivity contribution in [2.75, 3.05) is 20.2 Å². The van der Waals surface area contributed by atoms with E-state index in [2.05, 4.69) is 49.9 Å². The van der Waals surface area contributed by atoms with Crippen LogP contribution in [0.3, 0.4) is 0 Å². The average molecular weight is 494 g/mol. The molecular weight excluding hydrogens is 458 g/mol. The average Bonchev–Trinajstić information content (AvgIpc) is 3.11. The molecule has 0 aromatic heterocycles. The first-order valence-corrected chi connectivity index (χ1v) is 12.4. The minimum absolute atomic E-state index is 0.0639. The molecule has 1 heterocycles. The Morgan fingerprint density at radius 2 is 1.87 bits per heavy atom. The molecule has 2 aliphatic rings. The summed E-state index contributed by atoms with van der Waals surface area (Å²) in [4.78, 5) is 13.8. The fraction of sp³-hybridized carbons (Fsp3) is 0.640. The minimum Gasteiger partial charge on any atom is -0.469 e. The topological polar surface area (TPSA) is 59.0 Å². The number of aliphatic hydroxyl groups excluding tert-OH is 1. The van der Waals surface area contributed by atoms with Crippen molar-refractivity contribution in [3.8, 4) is 0 Å². The number of allylic oxidation sites excluding steroid dienone is 2. The van der Waals surface area contributed by atoms with Crippen LogP contribution < -0.4 is 0 Å². The van der Waals surface area contributed by atoms with Crippen molar-refractivity contribution in [1.29, 1.82) is 0 Å². The molecular formula is C25H36BrNO4. The molecule has 1 aliphatic heterocycles. The Morgan fingerprint density at radius 3 is 2.58 bits per heavy atom. The van der Waals surface area contributed by atoms with Crippen LogP contribution in [0.15, 0.2) is 40.9 Å². The second-order valence-corrected chi connectivity index (χ2v) is 9.61. The van der Waals surface area contributed by atoms with E-state index in [-0.39, 0.29) is 24.2 Å². The number of hydrogen-bond acceptors (Lipinski definition) is 5. The first-order chi connectivity index (χ1) is 15.1. The van der Waals surface area contributed by atoms with Crippen molar-refractivity contribution in [3.05, 3.63) is 46.5 Å². The van der Waals surface area contributed by atoms with Gasteiger partial charge >= 0.3 is 5.97 Å². The predicted octanol–water partition coefficient (Wildman–Crippen LogP) is 4.86. The molecule has 2 fully saturated rings. The first-order valence-electron chi connectivity index (χ1n) is 11.6. The van der Waals surface area contributed by atoms with Crippen molar-refractivity contribution in [2.24, 2.45) is 5.92 Å². The van der Waals surface area contributed by atoms with Crippen molar-refractivity contribution in [1.82, 2.24) is 4.90 Å². The lowest BCUT2D eigenvalue weighted by Gasteiger charge is -2.38. The van der Waals surface area contributed by atoms with Crippen LogP contribution in [0.25, 0.3) is 0 Å². The standard InChI is InChI=1S/C25H36BrNO4/c1-30-24(29)10-6-3-2-5-9-21-23(31-18-19-11-13-20(26)14-12-19)17-22(28)25(21)27-15-7-4-8-16-27/h2-3,11-14,21-23,25,28H,4-10,15-18H2,1H3/t21-,22+,23-,25+/m0/s1. The number of ether oxygens (including phenoxy) is 2.